The molecule has 0 spiro atoms. The fourth-order valence-electron chi connectivity index (χ4n) is 2.84. The van der Waals surface area contributed by atoms with E-state index in [-0.39, 0.29) is 12.3 Å². The maximum absolute atomic E-state index is 12.7. The molecule has 1 fully saturated rings. The zero-order chi connectivity index (χ0) is 15.0. The van der Waals surface area contributed by atoms with Crippen LogP contribution in [0.15, 0.2) is 42.3 Å². The largest absolute Gasteiger partial charge is 0.479 e. The van der Waals surface area contributed by atoms with Gasteiger partial charge >= 0.3 is 5.97 Å². The van der Waals surface area contributed by atoms with Gasteiger partial charge in [-0.05, 0) is 18.9 Å². The molecule has 0 radical (unpaired) electrons. The third-order valence-corrected chi connectivity index (χ3v) is 5.07. The number of carboxylic acid groups (broad SMARTS) is 1. The van der Waals surface area contributed by atoms with Crippen LogP contribution in [0.4, 0.5) is 0 Å². The molecular formula is C16H15NO3S. The Labute approximate surface area is 126 Å². The quantitative estimate of drug-likeness (QED) is 0.883. The van der Waals surface area contributed by atoms with Gasteiger partial charge in [0.05, 0.1) is 5.56 Å². The standard InChI is InChI=1S/C16H15NO3S/c1-2-7-16(15(19)20)8-9-17(16)14(18)12-10-21-13-6-4-3-5-11(12)13/h2-6,10H,1,7-9H2,(H,19,20). The summed E-state index contributed by atoms with van der Waals surface area (Å²) in [6, 6.07) is 7.67. The fourth-order valence-corrected chi connectivity index (χ4v) is 3.77. The zero-order valence-corrected chi connectivity index (χ0v) is 12.2. The number of hydrogen-bond acceptors (Lipinski definition) is 3. The average Bonchev–Trinajstić information content (AvgIpc) is 2.86. The van der Waals surface area contributed by atoms with E-state index >= 15 is 0 Å². The van der Waals surface area contributed by atoms with Gasteiger partial charge in [0.15, 0.2) is 0 Å². The third-order valence-electron chi connectivity index (χ3n) is 4.10. The lowest BCUT2D eigenvalue weighted by molar-refractivity contribution is -0.157. The summed E-state index contributed by atoms with van der Waals surface area (Å²) in [5.41, 5.74) is -0.535. The average molecular weight is 301 g/mol. The minimum absolute atomic E-state index is 0.206. The molecular weight excluding hydrogens is 286 g/mol. The van der Waals surface area contributed by atoms with Gasteiger partial charge in [-0.3, -0.25) is 4.79 Å². The molecule has 5 heteroatoms. The molecule has 4 nitrogen and oxygen atoms in total. The second-order valence-electron chi connectivity index (χ2n) is 5.18. The molecule has 0 saturated carbocycles. The van der Waals surface area contributed by atoms with Crippen molar-refractivity contribution in [1.82, 2.24) is 4.90 Å². The van der Waals surface area contributed by atoms with Gasteiger partial charge < -0.3 is 10.0 Å². The van der Waals surface area contributed by atoms with E-state index in [1.807, 2.05) is 29.6 Å². The lowest BCUT2D eigenvalue weighted by atomic mass is 9.81. The summed E-state index contributed by atoms with van der Waals surface area (Å²) in [6.07, 6.45) is 2.32. The van der Waals surface area contributed by atoms with Crippen LogP contribution in [0.1, 0.15) is 23.2 Å². The number of carbonyl (C=O) groups excluding carboxylic acids is 1. The predicted molar refractivity (Wildman–Crippen MR) is 82.7 cm³/mol. The van der Waals surface area contributed by atoms with Crippen LogP contribution < -0.4 is 0 Å². The van der Waals surface area contributed by atoms with Crippen molar-refractivity contribution in [1.29, 1.82) is 0 Å². The number of benzene rings is 1. The number of carbonyl (C=O) groups is 2. The Balaban J connectivity index is 1.99. The third kappa shape index (κ3) is 1.96. The lowest BCUT2D eigenvalue weighted by Crippen LogP contribution is -2.66. The molecule has 1 saturated heterocycles. The molecule has 1 aromatic carbocycles. The molecule has 1 N–H and O–H groups in total. The number of rotatable bonds is 4. The molecule has 1 unspecified atom stereocenters. The van der Waals surface area contributed by atoms with E-state index in [0.717, 1.165) is 10.1 Å². The summed E-state index contributed by atoms with van der Waals surface area (Å²) in [6.45, 7) is 4.09. The highest BCUT2D eigenvalue weighted by molar-refractivity contribution is 7.17. The van der Waals surface area contributed by atoms with Crippen LogP contribution in [0, 0.1) is 0 Å². The van der Waals surface area contributed by atoms with Crippen molar-refractivity contribution in [2.45, 2.75) is 18.4 Å². The van der Waals surface area contributed by atoms with E-state index in [4.69, 9.17) is 0 Å². The van der Waals surface area contributed by atoms with Gasteiger partial charge in [-0.2, -0.15) is 0 Å². The van der Waals surface area contributed by atoms with E-state index in [1.54, 1.807) is 6.08 Å². The smallest absolute Gasteiger partial charge is 0.330 e. The molecule has 0 aliphatic carbocycles. The molecule has 3 rings (SSSR count). The predicted octanol–water partition coefficient (Wildman–Crippen LogP) is 3.15. The van der Waals surface area contributed by atoms with Gasteiger partial charge in [0.1, 0.15) is 5.54 Å². The Morgan fingerprint density at radius 1 is 1.43 bits per heavy atom. The maximum Gasteiger partial charge on any atom is 0.330 e. The van der Waals surface area contributed by atoms with Gasteiger partial charge in [-0.1, -0.05) is 24.3 Å². The summed E-state index contributed by atoms with van der Waals surface area (Å²) in [4.78, 5) is 25.8. The Morgan fingerprint density at radius 2 is 2.19 bits per heavy atom. The van der Waals surface area contributed by atoms with Gasteiger partial charge in [0.2, 0.25) is 0 Å². The normalized spacial score (nSPS) is 21.0. The summed E-state index contributed by atoms with van der Waals surface area (Å²) in [7, 11) is 0. The minimum Gasteiger partial charge on any atom is -0.479 e. The Kier molecular flexibility index (Phi) is 3.29. The molecule has 1 aromatic heterocycles. The van der Waals surface area contributed by atoms with Crippen molar-refractivity contribution in [2.75, 3.05) is 6.54 Å². The molecule has 0 bridgehead atoms. The second kappa shape index (κ2) is 5.00. The van der Waals surface area contributed by atoms with E-state index in [9.17, 15) is 14.7 Å². The minimum atomic E-state index is -1.12. The number of hydrogen-bond donors (Lipinski definition) is 1. The van der Waals surface area contributed by atoms with Crippen molar-refractivity contribution < 1.29 is 14.7 Å². The number of fused-ring (bicyclic) bond motifs is 1. The van der Waals surface area contributed by atoms with Crippen LogP contribution in [0.25, 0.3) is 10.1 Å². The second-order valence-corrected chi connectivity index (χ2v) is 6.09. The Hall–Kier alpha value is -2.14. The van der Waals surface area contributed by atoms with Crippen LogP contribution >= 0.6 is 11.3 Å². The maximum atomic E-state index is 12.7. The van der Waals surface area contributed by atoms with Crippen LogP contribution in [-0.2, 0) is 4.79 Å². The van der Waals surface area contributed by atoms with E-state index in [2.05, 4.69) is 6.58 Å². The fraction of sp³-hybridized carbons (Fsp3) is 0.250. The van der Waals surface area contributed by atoms with Crippen molar-refractivity contribution in [2.24, 2.45) is 0 Å². The van der Waals surface area contributed by atoms with Crippen LogP contribution in [-0.4, -0.2) is 34.0 Å². The van der Waals surface area contributed by atoms with E-state index in [0.29, 0.717) is 18.5 Å². The number of aliphatic carboxylic acids is 1. The number of likely N-dealkylation sites (tertiary alicyclic amines) is 1. The lowest BCUT2D eigenvalue weighted by Gasteiger charge is -2.49. The van der Waals surface area contributed by atoms with Crippen LogP contribution in [0.2, 0.25) is 0 Å². The van der Waals surface area contributed by atoms with Crippen LogP contribution in [0.5, 0.6) is 0 Å². The van der Waals surface area contributed by atoms with Crippen molar-refractivity contribution in [3.8, 4) is 0 Å². The Bertz CT molecular complexity index is 736. The molecule has 1 aliphatic rings. The van der Waals surface area contributed by atoms with Crippen molar-refractivity contribution >= 4 is 33.3 Å². The Morgan fingerprint density at radius 3 is 2.81 bits per heavy atom. The summed E-state index contributed by atoms with van der Waals surface area (Å²) in [5.74, 6) is -1.16. The highest BCUT2D eigenvalue weighted by atomic mass is 32.1. The first-order valence-electron chi connectivity index (χ1n) is 6.72. The number of amides is 1. The molecule has 108 valence electrons. The SMILES string of the molecule is C=CCC1(C(=O)O)CCN1C(=O)c1csc2ccccc12. The van der Waals surface area contributed by atoms with Gasteiger partial charge in [0.25, 0.3) is 5.91 Å². The van der Waals surface area contributed by atoms with Gasteiger partial charge in [0, 0.05) is 22.0 Å². The van der Waals surface area contributed by atoms with Crippen molar-refractivity contribution in [3.05, 3.63) is 47.9 Å². The molecule has 1 amide bonds. The molecule has 1 aliphatic heterocycles. The highest BCUT2D eigenvalue weighted by Gasteiger charge is 2.53. The van der Waals surface area contributed by atoms with E-state index < -0.39 is 11.5 Å². The molecule has 21 heavy (non-hydrogen) atoms. The number of thiophene rings is 1. The van der Waals surface area contributed by atoms with Crippen molar-refractivity contribution in [3.63, 3.8) is 0 Å². The number of carboxylic acids is 1. The summed E-state index contributed by atoms with van der Waals surface area (Å²) in [5, 5.41) is 12.2. The summed E-state index contributed by atoms with van der Waals surface area (Å²) >= 11 is 1.50. The topological polar surface area (TPSA) is 57.6 Å². The first-order chi connectivity index (χ1) is 10.1. The van der Waals surface area contributed by atoms with E-state index in [1.165, 1.54) is 16.2 Å². The summed E-state index contributed by atoms with van der Waals surface area (Å²) < 4.78 is 1.03. The first kappa shape index (κ1) is 13.8. The monoisotopic (exact) mass is 301 g/mol. The molecule has 1 atom stereocenters. The van der Waals surface area contributed by atoms with Gasteiger partial charge in [-0.25, -0.2) is 4.79 Å². The zero-order valence-electron chi connectivity index (χ0n) is 11.4. The number of nitrogens with zero attached hydrogens (tertiary/aromatic N) is 1. The molecule has 2 heterocycles. The molecule has 2 aromatic rings. The van der Waals surface area contributed by atoms with Gasteiger partial charge in [-0.15, -0.1) is 17.9 Å². The highest BCUT2D eigenvalue weighted by Crippen LogP contribution is 2.38. The first-order valence-corrected chi connectivity index (χ1v) is 7.60. The van der Waals surface area contributed by atoms with Crippen LogP contribution in [0.3, 0.4) is 0 Å².